The molecule has 0 unspecified atom stereocenters. The van der Waals surface area contributed by atoms with Gasteiger partial charge in [-0.1, -0.05) is 64.7 Å². The Hall–Kier alpha value is -1.06. The number of hydrogen-bond donors (Lipinski definition) is 0. The summed E-state index contributed by atoms with van der Waals surface area (Å²) in [6, 6.07) is 0. The van der Waals surface area contributed by atoms with E-state index in [9.17, 15) is 9.59 Å². The summed E-state index contributed by atoms with van der Waals surface area (Å²) in [5, 5.41) is 0. The van der Waals surface area contributed by atoms with Gasteiger partial charge in [0, 0.05) is 0 Å². The van der Waals surface area contributed by atoms with Crippen LogP contribution in [0.2, 0.25) is 0 Å². The minimum absolute atomic E-state index is 0.305. The molecule has 0 heterocycles. The third-order valence-corrected chi connectivity index (χ3v) is 5.49. The summed E-state index contributed by atoms with van der Waals surface area (Å²) in [4.78, 5) is 25.6. The number of esters is 2. The van der Waals surface area contributed by atoms with E-state index in [0.29, 0.717) is 32.0 Å². The highest BCUT2D eigenvalue weighted by atomic mass is 16.6. The fraction of sp³-hybridized carbons (Fsp3) is 0.905. The van der Waals surface area contributed by atoms with Crippen molar-refractivity contribution in [3.63, 3.8) is 0 Å². The van der Waals surface area contributed by atoms with Gasteiger partial charge in [0.15, 0.2) is 5.41 Å². The second-order valence-electron chi connectivity index (χ2n) is 7.38. The summed E-state index contributed by atoms with van der Waals surface area (Å²) in [7, 11) is 0. The van der Waals surface area contributed by atoms with E-state index >= 15 is 0 Å². The van der Waals surface area contributed by atoms with Gasteiger partial charge in [-0.2, -0.15) is 0 Å². The van der Waals surface area contributed by atoms with Gasteiger partial charge in [-0.25, -0.2) is 0 Å². The first-order chi connectivity index (χ1) is 12.1. The van der Waals surface area contributed by atoms with Crippen molar-refractivity contribution in [2.75, 3.05) is 13.2 Å². The smallest absolute Gasteiger partial charge is 0.323 e. The molecule has 0 aliphatic heterocycles. The monoisotopic (exact) mass is 354 g/mol. The maximum absolute atomic E-state index is 12.8. The van der Waals surface area contributed by atoms with E-state index in [-0.39, 0.29) is 11.9 Å². The van der Waals surface area contributed by atoms with E-state index in [2.05, 4.69) is 6.92 Å². The molecule has 4 nitrogen and oxygen atoms in total. The van der Waals surface area contributed by atoms with Crippen LogP contribution in [0.1, 0.15) is 97.8 Å². The standard InChI is InChI=1S/C21H38O4/c1-4-7-8-9-12-16-21(19(22)24-5-2,20(23)25-6-3)17-15-18-13-10-11-14-18/h18H,4-17H2,1-3H3. The van der Waals surface area contributed by atoms with Gasteiger partial charge in [0.2, 0.25) is 0 Å². The van der Waals surface area contributed by atoms with Gasteiger partial charge < -0.3 is 9.47 Å². The van der Waals surface area contributed by atoms with Crippen molar-refractivity contribution in [3.05, 3.63) is 0 Å². The second-order valence-corrected chi connectivity index (χ2v) is 7.38. The Morgan fingerprint density at radius 1 is 0.840 bits per heavy atom. The molecule has 0 saturated heterocycles. The molecular formula is C21H38O4. The van der Waals surface area contributed by atoms with E-state index in [1.54, 1.807) is 13.8 Å². The third-order valence-electron chi connectivity index (χ3n) is 5.49. The lowest BCUT2D eigenvalue weighted by molar-refractivity contribution is -0.173. The highest BCUT2D eigenvalue weighted by Gasteiger charge is 2.48. The minimum Gasteiger partial charge on any atom is -0.465 e. The highest BCUT2D eigenvalue weighted by Crippen LogP contribution is 2.39. The maximum atomic E-state index is 12.8. The molecule has 1 rings (SSSR count). The van der Waals surface area contributed by atoms with Gasteiger partial charge in [-0.3, -0.25) is 9.59 Å². The lowest BCUT2D eigenvalue weighted by Gasteiger charge is -2.30. The van der Waals surface area contributed by atoms with Crippen LogP contribution in [0, 0.1) is 11.3 Å². The lowest BCUT2D eigenvalue weighted by atomic mass is 9.76. The van der Waals surface area contributed by atoms with Crippen molar-refractivity contribution >= 4 is 11.9 Å². The van der Waals surface area contributed by atoms with Crippen molar-refractivity contribution in [2.45, 2.75) is 97.8 Å². The molecule has 4 heteroatoms. The first kappa shape index (κ1) is 22.0. The summed E-state index contributed by atoms with van der Waals surface area (Å²) in [5.41, 5.74) is -1.10. The van der Waals surface area contributed by atoms with Crippen LogP contribution in [0.25, 0.3) is 0 Å². The Kier molecular flexibility index (Phi) is 10.8. The molecular weight excluding hydrogens is 316 g/mol. The SMILES string of the molecule is CCCCCCCC(CCC1CCCC1)(C(=O)OCC)C(=O)OCC. The van der Waals surface area contributed by atoms with Crippen molar-refractivity contribution in [1.82, 2.24) is 0 Å². The number of ether oxygens (including phenoxy) is 2. The van der Waals surface area contributed by atoms with Gasteiger partial charge in [0.25, 0.3) is 0 Å². The third kappa shape index (κ3) is 6.99. The zero-order chi connectivity index (χ0) is 18.5. The van der Waals surface area contributed by atoms with Crippen LogP contribution in [0.5, 0.6) is 0 Å². The Labute approximate surface area is 154 Å². The quantitative estimate of drug-likeness (QED) is 0.251. The summed E-state index contributed by atoms with van der Waals surface area (Å²) in [6.45, 7) is 6.39. The summed E-state index contributed by atoms with van der Waals surface area (Å²) in [6.07, 6.45) is 12.5. The van der Waals surface area contributed by atoms with Gasteiger partial charge in [-0.05, 0) is 39.0 Å². The van der Waals surface area contributed by atoms with Crippen molar-refractivity contribution in [2.24, 2.45) is 11.3 Å². The topological polar surface area (TPSA) is 52.6 Å². The molecule has 146 valence electrons. The molecule has 0 radical (unpaired) electrons. The van der Waals surface area contributed by atoms with Crippen LogP contribution in [0.3, 0.4) is 0 Å². The van der Waals surface area contributed by atoms with E-state index < -0.39 is 5.41 Å². The average Bonchev–Trinajstić information content (AvgIpc) is 3.11. The van der Waals surface area contributed by atoms with E-state index in [1.165, 1.54) is 38.5 Å². The van der Waals surface area contributed by atoms with Crippen molar-refractivity contribution in [1.29, 1.82) is 0 Å². The predicted molar refractivity (Wildman–Crippen MR) is 100 cm³/mol. The Morgan fingerprint density at radius 2 is 1.40 bits per heavy atom. The number of hydrogen-bond acceptors (Lipinski definition) is 4. The molecule has 0 aromatic heterocycles. The Morgan fingerprint density at radius 3 is 1.92 bits per heavy atom. The predicted octanol–water partition coefficient (Wildman–Crippen LogP) is 5.43. The number of unbranched alkanes of at least 4 members (excludes halogenated alkanes) is 4. The van der Waals surface area contributed by atoms with E-state index in [4.69, 9.17) is 9.47 Å². The zero-order valence-corrected chi connectivity index (χ0v) is 16.6. The maximum Gasteiger partial charge on any atom is 0.323 e. The fourth-order valence-electron chi connectivity index (χ4n) is 3.93. The number of rotatable bonds is 13. The van der Waals surface area contributed by atoms with Gasteiger partial charge in [-0.15, -0.1) is 0 Å². The largest absolute Gasteiger partial charge is 0.465 e. The van der Waals surface area contributed by atoms with Crippen LogP contribution in [-0.4, -0.2) is 25.2 Å². The van der Waals surface area contributed by atoms with Crippen LogP contribution < -0.4 is 0 Å². The Balaban J connectivity index is 2.82. The summed E-state index contributed by atoms with van der Waals surface area (Å²) >= 11 is 0. The van der Waals surface area contributed by atoms with Crippen LogP contribution >= 0.6 is 0 Å². The first-order valence-electron chi connectivity index (χ1n) is 10.4. The molecule has 0 N–H and O–H groups in total. The highest BCUT2D eigenvalue weighted by molar-refractivity contribution is 6.00. The van der Waals surface area contributed by atoms with Crippen LogP contribution in [0.15, 0.2) is 0 Å². The summed E-state index contributed by atoms with van der Waals surface area (Å²) < 4.78 is 10.7. The zero-order valence-electron chi connectivity index (χ0n) is 16.6. The molecule has 0 atom stereocenters. The second kappa shape index (κ2) is 12.3. The van der Waals surface area contributed by atoms with Gasteiger partial charge in [0.1, 0.15) is 0 Å². The number of carbonyl (C=O) groups excluding carboxylic acids is 2. The number of carbonyl (C=O) groups is 2. The van der Waals surface area contributed by atoms with Crippen LogP contribution in [0.4, 0.5) is 0 Å². The normalized spacial score (nSPS) is 15.3. The van der Waals surface area contributed by atoms with Crippen LogP contribution in [-0.2, 0) is 19.1 Å². The summed E-state index contributed by atoms with van der Waals surface area (Å²) in [5.74, 6) is -0.104. The van der Waals surface area contributed by atoms with Crippen molar-refractivity contribution in [3.8, 4) is 0 Å². The van der Waals surface area contributed by atoms with E-state index in [1.807, 2.05) is 0 Å². The molecule has 1 aliphatic rings. The molecule has 0 amide bonds. The molecule has 1 saturated carbocycles. The lowest BCUT2D eigenvalue weighted by Crippen LogP contribution is -2.42. The minimum atomic E-state index is -1.10. The molecule has 0 aromatic rings. The van der Waals surface area contributed by atoms with E-state index in [0.717, 1.165) is 25.7 Å². The molecule has 0 aromatic carbocycles. The van der Waals surface area contributed by atoms with Crippen molar-refractivity contribution < 1.29 is 19.1 Å². The van der Waals surface area contributed by atoms with Gasteiger partial charge >= 0.3 is 11.9 Å². The Bertz CT molecular complexity index is 367. The molecule has 1 fully saturated rings. The first-order valence-corrected chi connectivity index (χ1v) is 10.4. The average molecular weight is 355 g/mol. The molecule has 1 aliphatic carbocycles. The molecule has 25 heavy (non-hydrogen) atoms. The van der Waals surface area contributed by atoms with Gasteiger partial charge in [0.05, 0.1) is 13.2 Å². The fourth-order valence-corrected chi connectivity index (χ4v) is 3.93. The molecule has 0 bridgehead atoms. The molecule has 0 spiro atoms.